The average molecular weight is 316 g/mol. The zero-order valence-corrected chi connectivity index (χ0v) is 12.3. The molecular formula is C9H12N6O3S2. The fraction of sp³-hybridized carbons (Fsp3) is 0.333. The van der Waals surface area contributed by atoms with Gasteiger partial charge in [-0.05, 0) is 6.92 Å². The van der Waals surface area contributed by atoms with Gasteiger partial charge >= 0.3 is 0 Å². The number of aryl methyl sites for hydroxylation is 1. The first-order valence-corrected chi connectivity index (χ1v) is 7.78. The quantitative estimate of drug-likeness (QED) is 0.666. The highest BCUT2D eigenvalue weighted by Gasteiger charge is 2.20. The Morgan fingerprint density at radius 2 is 2.20 bits per heavy atom. The van der Waals surface area contributed by atoms with Gasteiger partial charge in [0.2, 0.25) is 15.4 Å². The molecule has 2 aromatic rings. The number of amides is 1. The smallest absolute Gasteiger partial charge is 0.270 e. The van der Waals surface area contributed by atoms with Gasteiger partial charge < -0.3 is 5.32 Å². The molecule has 11 heteroatoms. The second-order valence-electron chi connectivity index (χ2n) is 3.90. The Kier molecular flexibility index (Phi) is 4.11. The highest BCUT2D eigenvalue weighted by atomic mass is 32.2. The molecule has 0 radical (unpaired) electrons. The van der Waals surface area contributed by atoms with Gasteiger partial charge in [0.25, 0.3) is 10.0 Å². The molecule has 0 bridgehead atoms. The number of H-pyrrole nitrogens is 1. The molecule has 20 heavy (non-hydrogen) atoms. The van der Waals surface area contributed by atoms with Crippen LogP contribution in [0.4, 0.5) is 5.13 Å². The average Bonchev–Trinajstić information content (AvgIpc) is 2.95. The largest absolute Gasteiger partial charge is 0.301 e. The van der Waals surface area contributed by atoms with Crippen LogP contribution in [0.15, 0.2) is 10.5 Å². The van der Waals surface area contributed by atoms with Crippen LogP contribution in [-0.2, 0) is 21.4 Å². The molecule has 0 aromatic carbocycles. The summed E-state index contributed by atoms with van der Waals surface area (Å²) < 4.78 is 26.2. The minimum Gasteiger partial charge on any atom is -0.301 e. The van der Waals surface area contributed by atoms with Gasteiger partial charge in [0.15, 0.2) is 0 Å². The number of nitrogens with zero attached hydrogens (tertiary/aromatic N) is 3. The van der Waals surface area contributed by atoms with E-state index in [-0.39, 0.29) is 21.9 Å². The van der Waals surface area contributed by atoms with E-state index in [1.165, 1.54) is 6.92 Å². The Morgan fingerprint density at radius 3 is 2.80 bits per heavy atom. The van der Waals surface area contributed by atoms with Gasteiger partial charge in [-0.1, -0.05) is 11.3 Å². The normalized spacial score (nSPS) is 11.5. The number of carbonyl (C=O) groups is 1. The van der Waals surface area contributed by atoms with Crippen LogP contribution >= 0.6 is 11.3 Å². The maximum atomic E-state index is 12.0. The highest BCUT2D eigenvalue weighted by Crippen LogP contribution is 2.19. The number of anilines is 1. The second-order valence-corrected chi connectivity index (χ2v) is 6.82. The van der Waals surface area contributed by atoms with Crippen LogP contribution in [0.3, 0.4) is 0 Å². The molecule has 0 aliphatic heterocycles. The molecule has 0 unspecified atom stereocenters. The molecule has 3 N–H and O–H groups in total. The van der Waals surface area contributed by atoms with Gasteiger partial charge in [-0.25, -0.2) is 13.1 Å². The lowest BCUT2D eigenvalue weighted by molar-refractivity contribution is -0.114. The SMILES string of the molecule is CC(=O)Nc1nnc(S(=O)(=O)NCc2cn[nH]c2C)s1. The minimum absolute atomic E-state index is 0.0969. The minimum atomic E-state index is -3.77. The summed E-state index contributed by atoms with van der Waals surface area (Å²) in [6.07, 6.45) is 1.54. The number of hydrogen-bond donors (Lipinski definition) is 3. The number of rotatable bonds is 5. The van der Waals surface area contributed by atoms with Crippen LogP contribution in [0.5, 0.6) is 0 Å². The number of aromatic nitrogens is 4. The van der Waals surface area contributed by atoms with Crippen LogP contribution in [0.1, 0.15) is 18.2 Å². The van der Waals surface area contributed by atoms with Crippen LogP contribution < -0.4 is 10.0 Å². The zero-order chi connectivity index (χ0) is 14.8. The van der Waals surface area contributed by atoms with E-state index in [1.807, 2.05) is 0 Å². The first-order valence-electron chi connectivity index (χ1n) is 5.48. The summed E-state index contributed by atoms with van der Waals surface area (Å²) in [5, 5.41) is 16.2. The van der Waals surface area contributed by atoms with E-state index >= 15 is 0 Å². The van der Waals surface area contributed by atoms with Crippen molar-refractivity contribution in [1.29, 1.82) is 0 Å². The van der Waals surface area contributed by atoms with E-state index in [4.69, 9.17) is 0 Å². The third-order valence-electron chi connectivity index (χ3n) is 2.31. The third-order valence-corrected chi connectivity index (χ3v) is 4.91. The van der Waals surface area contributed by atoms with Gasteiger partial charge in [-0.2, -0.15) is 5.10 Å². The predicted octanol–water partition coefficient (Wildman–Crippen LogP) is 0.00652. The number of carbonyl (C=O) groups excluding carboxylic acids is 1. The first kappa shape index (κ1) is 14.6. The second kappa shape index (κ2) is 5.64. The van der Waals surface area contributed by atoms with Crippen molar-refractivity contribution in [2.75, 3.05) is 5.32 Å². The molecule has 0 spiro atoms. The van der Waals surface area contributed by atoms with E-state index < -0.39 is 10.0 Å². The summed E-state index contributed by atoms with van der Waals surface area (Å²) in [6.45, 7) is 3.19. The van der Waals surface area contributed by atoms with Crippen LogP contribution in [-0.4, -0.2) is 34.7 Å². The Morgan fingerprint density at radius 1 is 1.45 bits per heavy atom. The van der Waals surface area contributed by atoms with Crippen LogP contribution in [0.2, 0.25) is 0 Å². The summed E-state index contributed by atoms with van der Waals surface area (Å²) >= 11 is 0.781. The van der Waals surface area contributed by atoms with Crippen molar-refractivity contribution in [3.05, 3.63) is 17.5 Å². The van der Waals surface area contributed by atoms with Crippen molar-refractivity contribution < 1.29 is 13.2 Å². The van der Waals surface area contributed by atoms with E-state index in [9.17, 15) is 13.2 Å². The van der Waals surface area contributed by atoms with Crippen molar-refractivity contribution in [2.45, 2.75) is 24.7 Å². The lowest BCUT2D eigenvalue weighted by Gasteiger charge is -2.02. The van der Waals surface area contributed by atoms with Gasteiger partial charge in [0.1, 0.15) is 0 Å². The first-order chi connectivity index (χ1) is 9.38. The monoisotopic (exact) mass is 316 g/mol. The van der Waals surface area contributed by atoms with Gasteiger partial charge in [0, 0.05) is 24.7 Å². The molecular weight excluding hydrogens is 304 g/mol. The molecule has 1 amide bonds. The fourth-order valence-electron chi connectivity index (χ4n) is 1.31. The Hall–Kier alpha value is -1.85. The molecule has 2 aromatic heterocycles. The molecule has 0 fully saturated rings. The van der Waals surface area contributed by atoms with Crippen LogP contribution in [0.25, 0.3) is 0 Å². The molecule has 0 aliphatic carbocycles. The molecule has 0 atom stereocenters. The molecule has 0 aliphatic rings. The van der Waals surface area contributed by atoms with E-state index in [0.29, 0.717) is 0 Å². The standard InChI is InChI=1S/C9H12N6O3S2/c1-5-7(3-10-13-5)4-11-20(17,18)9-15-14-8(19-9)12-6(2)16/h3,11H,4H2,1-2H3,(H,10,13)(H,12,14,16). The summed E-state index contributed by atoms with van der Waals surface area (Å²) in [4.78, 5) is 10.8. The number of hydrogen-bond acceptors (Lipinski definition) is 7. The summed E-state index contributed by atoms with van der Waals surface area (Å²) in [5.41, 5.74) is 1.52. The molecule has 9 nitrogen and oxygen atoms in total. The van der Waals surface area contributed by atoms with Crippen LogP contribution in [0, 0.1) is 6.92 Å². The Balaban J connectivity index is 2.08. The van der Waals surface area contributed by atoms with Crippen molar-refractivity contribution in [1.82, 2.24) is 25.1 Å². The van der Waals surface area contributed by atoms with Crippen molar-refractivity contribution >= 4 is 32.4 Å². The number of nitrogens with one attached hydrogen (secondary N) is 3. The maximum Gasteiger partial charge on any atom is 0.270 e. The maximum absolute atomic E-state index is 12.0. The fourth-order valence-corrected chi connectivity index (χ4v) is 3.30. The molecule has 2 heterocycles. The lowest BCUT2D eigenvalue weighted by atomic mass is 10.3. The third kappa shape index (κ3) is 3.37. The van der Waals surface area contributed by atoms with Gasteiger partial charge in [-0.15, -0.1) is 10.2 Å². The van der Waals surface area contributed by atoms with Crippen molar-refractivity contribution in [3.8, 4) is 0 Å². The summed E-state index contributed by atoms with van der Waals surface area (Å²) in [7, 11) is -3.77. The van der Waals surface area contributed by atoms with E-state index in [2.05, 4.69) is 30.4 Å². The predicted molar refractivity (Wildman–Crippen MR) is 71.6 cm³/mol. The lowest BCUT2D eigenvalue weighted by Crippen LogP contribution is -2.23. The molecule has 2 rings (SSSR count). The van der Waals surface area contributed by atoms with Crippen molar-refractivity contribution in [3.63, 3.8) is 0 Å². The topological polar surface area (TPSA) is 130 Å². The number of aromatic amines is 1. The molecule has 0 saturated carbocycles. The van der Waals surface area contributed by atoms with E-state index in [0.717, 1.165) is 22.6 Å². The van der Waals surface area contributed by atoms with Gasteiger partial charge in [0.05, 0.1) is 6.20 Å². The Bertz CT molecular complexity index is 720. The summed E-state index contributed by atoms with van der Waals surface area (Å²) in [5.74, 6) is -0.341. The highest BCUT2D eigenvalue weighted by molar-refractivity contribution is 7.91. The molecule has 108 valence electrons. The Labute approximate surface area is 118 Å². The van der Waals surface area contributed by atoms with E-state index in [1.54, 1.807) is 13.1 Å². The number of sulfonamides is 1. The molecule has 0 saturated heterocycles. The zero-order valence-electron chi connectivity index (χ0n) is 10.7. The van der Waals surface area contributed by atoms with Gasteiger partial charge in [-0.3, -0.25) is 9.89 Å². The van der Waals surface area contributed by atoms with Crippen molar-refractivity contribution in [2.24, 2.45) is 0 Å². The summed E-state index contributed by atoms with van der Waals surface area (Å²) in [6, 6.07) is 0.